The zero-order valence-corrected chi connectivity index (χ0v) is 13.5. The van der Waals surface area contributed by atoms with Gasteiger partial charge in [0, 0.05) is 23.3 Å². The highest BCUT2D eigenvalue weighted by Crippen LogP contribution is 2.31. The summed E-state index contributed by atoms with van der Waals surface area (Å²) in [4.78, 5) is 23.5. The lowest BCUT2D eigenvalue weighted by Gasteiger charge is -2.05. The average molecular weight is 365 g/mol. The molecule has 1 aromatic carbocycles. The van der Waals surface area contributed by atoms with Crippen molar-refractivity contribution in [3.8, 4) is 0 Å². The van der Waals surface area contributed by atoms with Crippen molar-refractivity contribution in [2.45, 2.75) is 18.9 Å². The average Bonchev–Trinajstić information content (AvgIpc) is 3.09. The van der Waals surface area contributed by atoms with Gasteiger partial charge in [-0.15, -0.1) is 0 Å². The number of alkyl halides is 1. The number of ketones is 1. The molecule has 0 amide bonds. The van der Waals surface area contributed by atoms with Crippen molar-refractivity contribution in [1.82, 2.24) is 4.57 Å². The third kappa shape index (κ3) is 3.28. The van der Waals surface area contributed by atoms with Gasteiger partial charge in [0.25, 0.3) is 0 Å². The van der Waals surface area contributed by atoms with Gasteiger partial charge in [-0.1, -0.05) is 46.3 Å². The van der Waals surface area contributed by atoms with Crippen LogP contribution in [0.4, 0.5) is 0 Å². The van der Waals surface area contributed by atoms with E-state index in [1.807, 2.05) is 22.8 Å². The molecule has 1 aliphatic rings. The van der Waals surface area contributed by atoms with E-state index in [-0.39, 0.29) is 5.78 Å². The number of hydrogen-bond acceptors (Lipinski definition) is 3. The monoisotopic (exact) mass is 364 g/mol. The normalized spacial score (nSPS) is 15.6. The van der Waals surface area contributed by atoms with Crippen LogP contribution in [0.2, 0.25) is 0 Å². The van der Waals surface area contributed by atoms with E-state index in [2.05, 4.69) is 15.9 Å². The smallest absolute Gasteiger partial charge is 0.312 e. The van der Waals surface area contributed by atoms with Crippen LogP contribution in [-0.4, -0.2) is 26.9 Å². The molecule has 0 saturated heterocycles. The fraction of sp³-hybridized carbons (Fsp3) is 0.250. The molecule has 3 N–H and O–H groups in total. The van der Waals surface area contributed by atoms with Crippen molar-refractivity contribution in [1.29, 1.82) is 0 Å². The molecule has 116 valence electrons. The summed E-state index contributed by atoms with van der Waals surface area (Å²) < 4.78 is 1.83. The van der Waals surface area contributed by atoms with Crippen LogP contribution < -0.4 is 5.73 Å². The van der Waals surface area contributed by atoms with Crippen LogP contribution >= 0.6 is 15.9 Å². The van der Waals surface area contributed by atoms with Gasteiger partial charge in [-0.05, 0) is 18.6 Å². The minimum Gasteiger partial charge on any atom is -0.481 e. The van der Waals surface area contributed by atoms with Crippen LogP contribution in [0, 0.1) is 0 Å². The molecule has 3 rings (SSSR count). The van der Waals surface area contributed by atoms with E-state index < -0.39 is 11.9 Å². The summed E-state index contributed by atoms with van der Waals surface area (Å²) >= 11 is 2.92. The third-order valence-corrected chi connectivity index (χ3v) is 3.58. The molecule has 0 bridgehead atoms. The highest BCUT2D eigenvalue weighted by atomic mass is 79.9. The first kappa shape index (κ1) is 16.5. The molecular formula is C16H17BrN2O3. The summed E-state index contributed by atoms with van der Waals surface area (Å²) in [5.41, 5.74) is 7.26. The zero-order chi connectivity index (χ0) is 16.1. The maximum Gasteiger partial charge on any atom is 0.312 e. The number of benzene rings is 1. The van der Waals surface area contributed by atoms with E-state index in [4.69, 9.17) is 10.8 Å². The van der Waals surface area contributed by atoms with Crippen LogP contribution in [0.25, 0.3) is 0 Å². The first-order valence-corrected chi connectivity index (χ1v) is 8.00. The molecule has 2 aromatic rings. The standard InChI is InChI=1S/C15H13NO3.CH4BrN/c17-14(10-4-2-1-3-5-10)13-7-6-12-11(15(18)19)8-9-16(12)13;2-1-3/h1-7,11H,8-9H2,(H,18,19);1,3H2. The molecule has 0 spiro atoms. The third-order valence-electron chi connectivity index (χ3n) is 3.58. The number of carboxylic acid groups (broad SMARTS) is 1. The molecule has 1 aromatic heterocycles. The Morgan fingerprint density at radius 1 is 1.23 bits per heavy atom. The largest absolute Gasteiger partial charge is 0.481 e. The lowest BCUT2D eigenvalue weighted by Crippen LogP contribution is -2.09. The van der Waals surface area contributed by atoms with Gasteiger partial charge < -0.3 is 15.4 Å². The Morgan fingerprint density at radius 3 is 2.45 bits per heavy atom. The highest BCUT2D eigenvalue weighted by Gasteiger charge is 2.31. The van der Waals surface area contributed by atoms with Gasteiger partial charge >= 0.3 is 5.97 Å². The number of nitrogens with zero attached hydrogens (tertiary/aromatic N) is 1. The van der Waals surface area contributed by atoms with Crippen LogP contribution in [0.1, 0.15) is 34.1 Å². The first-order chi connectivity index (χ1) is 10.6. The second-order valence-corrected chi connectivity index (χ2v) is 5.47. The predicted molar refractivity (Wildman–Crippen MR) is 87.3 cm³/mol. The van der Waals surface area contributed by atoms with Crippen molar-refractivity contribution in [2.75, 3.05) is 5.45 Å². The van der Waals surface area contributed by atoms with Crippen LogP contribution in [-0.2, 0) is 11.3 Å². The number of aliphatic carboxylic acids is 1. The quantitative estimate of drug-likeness (QED) is 0.497. The van der Waals surface area contributed by atoms with Crippen LogP contribution in [0.15, 0.2) is 42.5 Å². The number of nitrogens with two attached hydrogens (primary N) is 1. The Balaban J connectivity index is 0.000000545. The fourth-order valence-electron chi connectivity index (χ4n) is 2.63. The molecule has 6 heteroatoms. The molecule has 22 heavy (non-hydrogen) atoms. The van der Waals surface area contributed by atoms with Crippen molar-refractivity contribution in [2.24, 2.45) is 5.73 Å². The molecule has 0 radical (unpaired) electrons. The first-order valence-electron chi connectivity index (χ1n) is 6.88. The Labute approximate surface area is 136 Å². The van der Waals surface area contributed by atoms with Gasteiger partial charge in [-0.25, -0.2) is 0 Å². The number of carboxylic acids is 1. The van der Waals surface area contributed by atoms with E-state index in [9.17, 15) is 9.59 Å². The van der Waals surface area contributed by atoms with E-state index in [1.165, 1.54) is 0 Å². The molecule has 0 saturated carbocycles. The maximum atomic E-state index is 12.4. The second-order valence-electron chi connectivity index (χ2n) is 4.82. The zero-order valence-electron chi connectivity index (χ0n) is 11.9. The van der Waals surface area contributed by atoms with Gasteiger partial charge in [0.1, 0.15) is 0 Å². The number of carbonyl (C=O) groups excluding carboxylic acids is 1. The van der Waals surface area contributed by atoms with E-state index in [0.717, 1.165) is 5.69 Å². The van der Waals surface area contributed by atoms with Crippen molar-refractivity contribution < 1.29 is 14.7 Å². The number of rotatable bonds is 3. The number of hydrogen-bond donors (Lipinski definition) is 2. The summed E-state index contributed by atoms with van der Waals surface area (Å²) in [6.07, 6.45) is 0.556. The van der Waals surface area contributed by atoms with Crippen LogP contribution in [0.3, 0.4) is 0 Å². The van der Waals surface area contributed by atoms with E-state index >= 15 is 0 Å². The topological polar surface area (TPSA) is 85.3 Å². The molecule has 2 heterocycles. The number of aromatic nitrogens is 1. The SMILES string of the molecule is NCBr.O=C(c1ccccc1)c1ccc2n1CCC2C(=O)O. The highest BCUT2D eigenvalue weighted by molar-refractivity contribution is 9.09. The maximum absolute atomic E-state index is 12.4. The number of halogens is 1. The summed E-state index contributed by atoms with van der Waals surface area (Å²) in [7, 11) is 0. The summed E-state index contributed by atoms with van der Waals surface area (Å²) in [5.74, 6) is -1.37. The molecule has 1 atom stereocenters. The minimum absolute atomic E-state index is 0.0575. The van der Waals surface area contributed by atoms with Gasteiger partial charge in [-0.3, -0.25) is 9.59 Å². The predicted octanol–water partition coefficient (Wildman–Crippen LogP) is 2.59. The van der Waals surface area contributed by atoms with Gasteiger partial charge in [0.2, 0.25) is 5.78 Å². The molecule has 0 aliphatic carbocycles. The Bertz CT molecular complexity index is 667. The fourth-order valence-corrected chi connectivity index (χ4v) is 2.63. The number of fused-ring (bicyclic) bond motifs is 1. The van der Waals surface area contributed by atoms with Crippen molar-refractivity contribution >= 4 is 27.7 Å². The Morgan fingerprint density at radius 2 is 1.86 bits per heavy atom. The van der Waals surface area contributed by atoms with E-state index in [1.54, 1.807) is 24.3 Å². The summed E-state index contributed by atoms with van der Waals surface area (Å²) in [6.45, 7) is 0.590. The lowest BCUT2D eigenvalue weighted by molar-refractivity contribution is -0.138. The molecule has 1 unspecified atom stereocenters. The van der Waals surface area contributed by atoms with Crippen molar-refractivity contribution in [3.63, 3.8) is 0 Å². The van der Waals surface area contributed by atoms with Gasteiger partial charge in [0.15, 0.2) is 0 Å². The molecule has 1 aliphatic heterocycles. The molecule has 0 fully saturated rings. The Hall–Kier alpha value is -1.92. The van der Waals surface area contributed by atoms with Gasteiger partial charge in [-0.2, -0.15) is 0 Å². The van der Waals surface area contributed by atoms with Gasteiger partial charge in [0.05, 0.1) is 11.6 Å². The lowest BCUT2D eigenvalue weighted by atomic mass is 10.1. The second kappa shape index (κ2) is 7.38. The Kier molecular flexibility index (Phi) is 5.51. The van der Waals surface area contributed by atoms with Crippen LogP contribution in [0.5, 0.6) is 0 Å². The van der Waals surface area contributed by atoms with Crippen molar-refractivity contribution in [3.05, 3.63) is 59.4 Å². The number of carbonyl (C=O) groups is 2. The van der Waals surface area contributed by atoms with E-state index in [0.29, 0.717) is 29.7 Å². The summed E-state index contributed by atoms with van der Waals surface area (Å²) in [5, 5.41) is 9.13. The molecular weight excluding hydrogens is 348 g/mol. The minimum atomic E-state index is -0.824. The molecule has 5 nitrogen and oxygen atoms in total. The summed E-state index contributed by atoms with van der Waals surface area (Å²) in [6, 6.07) is 12.5.